The fourth-order valence-corrected chi connectivity index (χ4v) is 1.01. The van der Waals surface area contributed by atoms with Gasteiger partial charge in [0.05, 0.1) is 26.0 Å². The van der Waals surface area contributed by atoms with Crippen molar-refractivity contribution in [3.8, 4) is 11.6 Å². The van der Waals surface area contributed by atoms with Crippen molar-refractivity contribution < 1.29 is 23.0 Å². The average Bonchev–Trinajstić information content (AvgIpc) is 2.27. The summed E-state index contributed by atoms with van der Waals surface area (Å²) in [6, 6.07) is 1.12. The maximum absolute atomic E-state index is 12.2. The summed E-state index contributed by atoms with van der Waals surface area (Å²) in [7, 11) is 2.59. The Balaban J connectivity index is 3.17. The molecule has 1 aromatic heterocycles. The smallest absolute Gasteiger partial charge is 0.300 e. The van der Waals surface area contributed by atoms with Gasteiger partial charge in [-0.2, -0.15) is 0 Å². The fourth-order valence-electron chi connectivity index (χ4n) is 1.01. The number of ketones is 1. The molecule has 0 bridgehead atoms. The Morgan fingerprint density at radius 3 is 2.53 bits per heavy atom. The molecule has 0 radical (unpaired) electrons. The van der Waals surface area contributed by atoms with Crippen LogP contribution in [0, 0.1) is 0 Å². The molecule has 1 heterocycles. The Labute approximate surface area is 84.8 Å². The van der Waals surface area contributed by atoms with Gasteiger partial charge in [0.2, 0.25) is 11.7 Å². The van der Waals surface area contributed by atoms with Crippen LogP contribution in [0.3, 0.4) is 0 Å². The summed E-state index contributed by atoms with van der Waals surface area (Å²) >= 11 is 0. The molecule has 1 aromatic rings. The quantitative estimate of drug-likeness (QED) is 0.718. The number of hydrogen-bond acceptors (Lipinski definition) is 4. The first-order valence-electron chi connectivity index (χ1n) is 4.00. The molecule has 0 spiro atoms. The third-order valence-electron chi connectivity index (χ3n) is 1.74. The monoisotopic (exact) mass is 217 g/mol. The lowest BCUT2D eigenvalue weighted by atomic mass is 10.1. The molecule has 0 aromatic carbocycles. The minimum Gasteiger partial charge on any atom is -0.494 e. The van der Waals surface area contributed by atoms with Gasteiger partial charge in [-0.25, -0.2) is 13.8 Å². The highest BCUT2D eigenvalue weighted by molar-refractivity contribution is 6.01. The number of rotatable bonds is 4. The van der Waals surface area contributed by atoms with E-state index >= 15 is 0 Å². The van der Waals surface area contributed by atoms with Crippen LogP contribution in [0.15, 0.2) is 12.3 Å². The van der Waals surface area contributed by atoms with Crippen molar-refractivity contribution in [3.05, 3.63) is 17.8 Å². The van der Waals surface area contributed by atoms with E-state index in [0.29, 0.717) is 0 Å². The summed E-state index contributed by atoms with van der Waals surface area (Å²) in [5, 5.41) is 0. The molecule has 1 rings (SSSR count). The molecule has 0 N–H and O–H groups in total. The van der Waals surface area contributed by atoms with E-state index in [1.807, 2.05) is 0 Å². The molecule has 82 valence electrons. The van der Waals surface area contributed by atoms with E-state index in [9.17, 15) is 13.6 Å². The van der Waals surface area contributed by atoms with Crippen molar-refractivity contribution in [1.82, 2.24) is 4.98 Å². The molecular weight excluding hydrogens is 208 g/mol. The minimum atomic E-state index is -3.08. The SMILES string of the molecule is COc1cc(C(=O)C(F)F)c(OC)cn1. The van der Waals surface area contributed by atoms with E-state index in [4.69, 9.17) is 9.47 Å². The zero-order chi connectivity index (χ0) is 11.4. The third kappa shape index (κ3) is 2.39. The lowest BCUT2D eigenvalue weighted by molar-refractivity contribution is 0.0675. The van der Waals surface area contributed by atoms with Crippen LogP contribution in [0.25, 0.3) is 0 Å². The van der Waals surface area contributed by atoms with Crippen LogP contribution in [0.2, 0.25) is 0 Å². The zero-order valence-electron chi connectivity index (χ0n) is 8.16. The van der Waals surface area contributed by atoms with Crippen molar-refractivity contribution in [3.63, 3.8) is 0 Å². The number of alkyl halides is 2. The van der Waals surface area contributed by atoms with Crippen molar-refractivity contribution in [2.45, 2.75) is 6.43 Å². The highest BCUT2D eigenvalue weighted by Gasteiger charge is 2.22. The number of ether oxygens (including phenoxy) is 2. The number of hydrogen-bond donors (Lipinski definition) is 0. The van der Waals surface area contributed by atoms with Gasteiger partial charge in [-0.05, 0) is 0 Å². The molecule has 0 aliphatic rings. The van der Waals surface area contributed by atoms with Crippen LogP contribution in [-0.2, 0) is 0 Å². The van der Waals surface area contributed by atoms with Gasteiger partial charge >= 0.3 is 6.43 Å². The van der Waals surface area contributed by atoms with Crippen molar-refractivity contribution in [2.75, 3.05) is 14.2 Å². The van der Waals surface area contributed by atoms with Gasteiger partial charge in [-0.3, -0.25) is 4.79 Å². The summed E-state index contributed by atoms with van der Waals surface area (Å²) < 4.78 is 33.9. The molecule has 0 unspecified atom stereocenters. The lowest BCUT2D eigenvalue weighted by Crippen LogP contribution is -2.12. The van der Waals surface area contributed by atoms with E-state index in [1.54, 1.807) is 0 Å². The molecule has 0 fully saturated rings. The lowest BCUT2D eigenvalue weighted by Gasteiger charge is -2.07. The molecule has 6 heteroatoms. The summed E-state index contributed by atoms with van der Waals surface area (Å²) in [6.07, 6.45) is -1.92. The second-order valence-electron chi connectivity index (χ2n) is 2.59. The Bertz CT molecular complexity index is 368. The summed E-state index contributed by atoms with van der Waals surface area (Å²) in [4.78, 5) is 14.8. The number of carbonyl (C=O) groups is 1. The van der Waals surface area contributed by atoms with Gasteiger partial charge in [0.25, 0.3) is 0 Å². The predicted octanol–water partition coefficient (Wildman–Crippen LogP) is 1.55. The highest BCUT2D eigenvalue weighted by Crippen LogP contribution is 2.23. The van der Waals surface area contributed by atoms with Crippen LogP contribution in [0.1, 0.15) is 10.4 Å². The van der Waals surface area contributed by atoms with E-state index < -0.39 is 12.2 Å². The van der Waals surface area contributed by atoms with Gasteiger partial charge < -0.3 is 9.47 Å². The number of pyridine rings is 1. The zero-order valence-corrected chi connectivity index (χ0v) is 8.16. The van der Waals surface area contributed by atoms with Crippen LogP contribution >= 0.6 is 0 Å². The first-order chi connectivity index (χ1) is 7.10. The maximum atomic E-state index is 12.2. The normalized spacial score (nSPS) is 10.2. The van der Waals surface area contributed by atoms with Crippen molar-refractivity contribution >= 4 is 5.78 Å². The van der Waals surface area contributed by atoms with Gasteiger partial charge in [-0.15, -0.1) is 0 Å². The van der Waals surface area contributed by atoms with E-state index in [0.717, 1.165) is 12.3 Å². The van der Waals surface area contributed by atoms with Crippen LogP contribution < -0.4 is 9.47 Å². The Hall–Kier alpha value is -1.72. The molecular formula is C9H9F2NO3. The third-order valence-corrected chi connectivity index (χ3v) is 1.74. The van der Waals surface area contributed by atoms with Crippen LogP contribution in [0.5, 0.6) is 11.6 Å². The molecule has 0 aliphatic heterocycles. The summed E-state index contributed by atoms with van der Waals surface area (Å²) in [5.74, 6) is -1.23. The highest BCUT2D eigenvalue weighted by atomic mass is 19.3. The van der Waals surface area contributed by atoms with Gasteiger partial charge in [0.15, 0.2) is 0 Å². The Morgan fingerprint density at radius 1 is 1.40 bits per heavy atom. The molecule has 0 saturated heterocycles. The van der Waals surface area contributed by atoms with Gasteiger partial charge in [0, 0.05) is 6.07 Å². The van der Waals surface area contributed by atoms with E-state index in [1.165, 1.54) is 14.2 Å². The first-order valence-corrected chi connectivity index (χ1v) is 4.00. The van der Waals surface area contributed by atoms with Crippen molar-refractivity contribution in [1.29, 1.82) is 0 Å². The van der Waals surface area contributed by atoms with Gasteiger partial charge in [-0.1, -0.05) is 0 Å². The largest absolute Gasteiger partial charge is 0.494 e. The number of nitrogens with zero attached hydrogens (tertiary/aromatic N) is 1. The second kappa shape index (κ2) is 4.68. The summed E-state index contributed by atoms with van der Waals surface area (Å²) in [5.41, 5.74) is -0.237. The molecule has 0 saturated carbocycles. The molecule has 0 aliphatic carbocycles. The van der Waals surface area contributed by atoms with Gasteiger partial charge in [0.1, 0.15) is 5.75 Å². The Morgan fingerprint density at radius 2 is 2.07 bits per heavy atom. The standard InChI is InChI=1S/C9H9F2NO3/c1-14-6-4-12-7(15-2)3-5(6)8(13)9(10)11/h3-4,9H,1-2H3. The van der Waals surface area contributed by atoms with E-state index in [2.05, 4.69) is 4.98 Å². The van der Waals surface area contributed by atoms with E-state index in [-0.39, 0.29) is 17.2 Å². The maximum Gasteiger partial charge on any atom is 0.300 e. The summed E-state index contributed by atoms with van der Waals surface area (Å²) in [6.45, 7) is 0. The second-order valence-corrected chi connectivity index (χ2v) is 2.59. The first kappa shape index (κ1) is 11.4. The minimum absolute atomic E-state index is 0.00102. The fraction of sp³-hybridized carbons (Fsp3) is 0.333. The molecule has 0 atom stereocenters. The molecule has 4 nitrogen and oxygen atoms in total. The van der Waals surface area contributed by atoms with Crippen LogP contribution in [0.4, 0.5) is 8.78 Å². The number of Topliss-reactive ketones (excluding diaryl/α,β-unsaturated/α-hetero) is 1. The Kier molecular flexibility index (Phi) is 3.54. The van der Waals surface area contributed by atoms with Crippen LogP contribution in [-0.4, -0.2) is 31.4 Å². The number of carbonyl (C=O) groups excluding carboxylic acids is 1. The number of methoxy groups -OCH3 is 2. The number of aromatic nitrogens is 1. The number of halogens is 2. The van der Waals surface area contributed by atoms with Crippen molar-refractivity contribution in [2.24, 2.45) is 0 Å². The predicted molar refractivity (Wildman–Crippen MR) is 47.7 cm³/mol. The molecule has 0 amide bonds. The topological polar surface area (TPSA) is 48.4 Å². The average molecular weight is 217 g/mol. The molecule has 15 heavy (non-hydrogen) atoms.